The van der Waals surface area contributed by atoms with E-state index >= 15 is 0 Å². The number of amides is 2. The first-order valence-electron chi connectivity index (χ1n) is 11.7. The van der Waals surface area contributed by atoms with Crippen molar-refractivity contribution >= 4 is 17.4 Å². The van der Waals surface area contributed by atoms with Gasteiger partial charge in [-0.05, 0) is 54.7 Å². The predicted octanol–water partition coefficient (Wildman–Crippen LogP) is 4.81. The summed E-state index contributed by atoms with van der Waals surface area (Å²) in [5.74, 6) is 0.261. The zero-order valence-corrected chi connectivity index (χ0v) is 19.5. The number of rotatable bonds is 6. The van der Waals surface area contributed by atoms with Gasteiger partial charge in [-0.25, -0.2) is 0 Å². The molecule has 2 aliphatic heterocycles. The van der Waals surface area contributed by atoms with E-state index in [2.05, 4.69) is 17.0 Å². The molecule has 0 bridgehead atoms. The van der Waals surface area contributed by atoms with Crippen molar-refractivity contribution in [3.63, 3.8) is 0 Å². The zero-order chi connectivity index (χ0) is 23.7. The van der Waals surface area contributed by atoms with Crippen molar-refractivity contribution in [2.75, 3.05) is 6.54 Å². The highest BCUT2D eigenvalue weighted by Crippen LogP contribution is 2.35. The van der Waals surface area contributed by atoms with Crippen molar-refractivity contribution in [1.82, 2.24) is 9.80 Å². The van der Waals surface area contributed by atoms with Crippen molar-refractivity contribution < 1.29 is 14.3 Å². The lowest BCUT2D eigenvalue weighted by atomic mass is 9.98. The molecule has 0 atom stereocenters. The van der Waals surface area contributed by atoms with Crippen LogP contribution in [0.5, 0.6) is 5.75 Å². The molecular formula is C29H28N2O3. The van der Waals surface area contributed by atoms with E-state index in [0.717, 1.165) is 23.3 Å². The Morgan fingerprint density at radius 2 is 1.50 bits per heavy atom. The average Bonchev–Trinajstić information content (AvgIpc) is 3.09. The highest BCUT2D eigenvalue weighted by molar-refractivity contribution is 6.35. The molecule has 5 heteroatoms. The zero-order valence-electron chi connectivity index (χ0n) is 19.5. The number of hydrogen-bond donors (Lipinski definition) is 0. The van der Waals surface area contributed by atoms with E-state index in [0.29, 0.717) is 24.4 Å². The number of fused-ring (bicyclic) bond motifs is 1. The molecular weight excluding hydrogens is 424 g/mol. The summed E-state index contributed by atoms with van der Waals surface area (Å²) < 4.78 is 5.77. The monoisotopic (exact) mass is 452 g/mol. The molecule has 5 nitrogen and oxygen atoms in total. The molecule has 0 saturated heterocycles. The summed E-state index contributed by atoms with van der Waals surface area (Å²) >= 11 is 0. The molecule has 34 heavy (non-hydrogen) atoms. The van der Waals surface area contributed by atoms with Crippen LogP contribution in [-0.4, -0.2) is 34.3 Å². The van der Waals surface area contributed by atoms with Crippen molar-refractivity contribution in [1.29, 1.82) is 0 Å². The van der Waals surface area contributed by atoms with Gasteiger partial charge in [0.25, 0.3) is 11.8 Å². The quantitative estimate of drug-likeness (QED) is 0.504. The summed E-state index contributed by atoms with van der Waals surface area (Å²) in [7, 11) is 0. The molecule has 0 spiro atoms. The summed E-state index contributed by atoms with van der Waals surface area (Å²) in [6.07, 6.45) is 0.902. The Balaban J connectivity index is 1.53. The lowest BCUT2D eigenvalue weighted by Crippen LogP contribution is -2.37. The Kier molecular flexibility index (Phi) is 5.93. The summed E-state index contributed by atoms with van der Waals surface area (Å²) in [5, 5.41) is 0. The average molecular weight is 453 g/mol. The van der Waals surface area contributed by atoms with Gasteiger partial charge in [0.15, 0.2) is 0 Å². The van der Waals surface area contributed by atoms with Gasteiger partial charge in [0.2, 0.25) is 0 Å². The van der Waals surface area contributed by atoms with Crippen LogP contribution in [0.4, 0.5) is 0 Å². The van der Waals surface area contributed by atoms with Crippen molar-refractivity contribution in [3.8, 4) is 5.75 Å². The Morgan fingerprint density at radius 1 is 0.824 bits per heavy atom. The van der Waals surface area contributed by atoms with E-state index < -0.39 is 0 Å². The van der Waals surface area contributed by atoms with Crippen molar-refractivity contribution in [2.45, 2.75) is 39.5 Å². The van der Waals surface area contributed by atoms with Crippen LogP contribution in [0.15, 0.2) is 84.6 Å². The largest absolute Gasteiger partial charge is 0.491 e. The van der Waals surface area contributed by atoms with E-state index in [-0.39, 0.29) is 24.5 Å². The number of benzene rings is 3. The second kappa shape index (κ2) is 9.18. The van der Waals surface area contributed by atoms with Crippen LogP contribution in [0.25, 0.3) is 5.57 Å². The number of hydrogen-bond acceptors (Lipinski definition) is 4. The first kappa shape index (κ1) is 22.0. The normalized spacial score (nSPS) is 15.9. The van der Waals surface area contributed by atoms with E-state index in [1.807, 2.05) is 80.6 Å². The van der Waals surface area contributed by atoms with Crippen LogP contribution in [0.1, 0.15) is 36.1 Å². The minimum Gasteiger partial charge on any atom is -0.491 e. The van der Waals surface area contributed by atoms with Gasteiger partial charge >= 0.3 is 0 Å². The fourth-order valence-corrected chi connectivity index (χ4v) is 4.69. The third-order valence-electron chi connectivity index (χ3n) is 6.29. The second-order valence-corrected chi connectivity index (χ2v) is 9.04. The van der Waals surface area contributed by atoms with Gasteiger partial charge in [0, 0.05) is 13.1 Å². The van der Waals surface area contributed by atoms with Crippen molar-refractivity contribution in [3.05, 3.63) is 107 Å². The highest BCUT2D eigenvalue weighted by Gasteiger charge is 2.42. The van der Waals surface area contributed by atoms with Gasteiger partial charge < -0.3 is 9.64 Å². The fourth-order valence-electron chi connectivity index (χ4n) is 4.69. The molecule has 3 aromatic rings. The number of ether oxygens (including phenoxy) is 1. The van der Waals surface area contributed by atoms with Gasteiger partial charge in [0.1, 0.15) is 11.4 Å². The third-order valence-corrected chi connectivity index (χ3v) is 6.29. The summed E-state index contributed by atoms with van der Waals surface area (Å²) in [4.78, 5) is 30.8. The molecule has 3 aromatic carbocycles. The molecule has 0 fully saturated rings. The van der Waals surface area contributed by atoms with E-state index in [1.165, 1.54) is 16.0 Å². The van der Waals surface area contributed by atoms with Crippen LogP contribution >= 0.6 is 0 Å². The maximum absolute atomic E-state index is 13.7. The summed E-state index contributed by atoms with van der Waals surface area (Å²) in [5.41, 5.74) is 5.12. The minimum absolute atomic E-state index is 0.0603. The summed E-state index contributed by atoms with van der Waals surface area (Å²) in [6.45, 7) is 5.52. The Bertz CT molecular complexity index is 1250. The maximum atomic E-state index is 13.7. The molecule has 2 amide bonds. The fraction of sp³-hybridized carbons (Fsp3) is 0.241. The van der Waals surface area contributed by atoms with E-state index in [1.54, 1.807) is 0 Å². The molecule has 0 unspecified atom stereocenters. The molecule has 172 valence electrons. The molecule has 0 aromatic heterocycles. The van der Waals surface area contributed by atoms with Gasteiger partial charge in [0.05, 0.1) is 18.2 Å². The summed E-state index contributed by atoms with van der Waals surface area (Å²) in [6, 6.07) is 25.4. The minimum atomic E-state index is -0.250. The number of carbonyl (C=O) groups is 2. The Morgan fingerprint density at radius 3 is 2.21 bits per heavy atom. The van der Waals surface area contributed by atoms with Crippen LogP contribution < -0.4 is 4.74 Å². The maximum Gasteiger partial charge on any atom is 0.278 e. The van der Waals surface area contributed by atoms with Crippen LogP contribution in [0.3, 0.4) is 0 Å². The van der Waals surface area contributed by atoms with Crippen LogP contribution in [-0.2, 0) is 29.1 Å². The van der Waals surface area contributed by atoms with E-state index in [4.69, 9.17) is 4.74 Å². The Hall–Kier alpha value is -3.86. The SMILES string of the molecule is CC(C)Oc1ccc(C2=C(N3CCc4ccccc4C3)C(=O)N(Cc3ccccc3)C2=O)cc1. The molecule has 0 saturated carbocycles. The molecule has 0 N–H and O–H groups in total. The molecule has 2 heterocycles. The molecule has 2 aliphatic rings. The van der Waals surface area contributed by atoms with Crippen molar-refractivity contribution in [2.24, 2.45) is 0 Å². The molecule has 0 aliphatic carbocycles. The van der Waals surface area contributed by atoms with Gasteiger partial charge in [-0.15, -0.1) is 0 Å². The molecule has 5 rings (SSSR count). The van der Waals surface area contributed by atoms with Gasteiger partial charge in [-0.1, -0.05) is 66.7 Å². The first-order valence-corrected chi connectivity index (χ1v) is 11.7. The first-order chi connectivity index (χ1) is 16.5. The van der Waals surface area contributed by atoms with E-state index in [9.17, 15) is 9.59 Å². The van der Waals surface area contributed by atoms with Crippen LogP contribution in [0.2, 0.25) is 0 Å². The smallest absolute Gasteiger partial charge is 0.278 e. The lowest BCUT2D eigenvalue weighted by Gasteiger charge is -2.31. The number of imide groups is 1. The van der Waals surface area contributed by atoms with Gasteiger partial charge in [-0.2, -0.15) is 0 Å². The second-order valence-electron chi connectivity index (χ2n) is 9.04. The lowest BCUT2D eigenvalue weighted by molar-refractivity contribution is -0.138. The van der Waals surface area contributed by atoms with Gasteiger partial charge in [-0.3, -0.25) is 14.5 Å². The number of nitrogens with zero attached hydrogens (tertiary/aromatic N) is 2. The standard InChI is InChI=1S/C29H28N2O3/c1-20(2)34-25-14-12-23(13-15-25)26-27(30-17-16-22-10-6-7-11-24(22)19-30)29(33)31(28(26)32)18-21-8-4-3-5-9-21/h3-15,20H,16-19H2,1-2H3. The van der Waals surface area contributed by atoms with Crippen LogP contribution in [0, 0.1) is 0 Å². The molecule has 0 radical (unpaired) electrons. The third kappa shape index (κ3) is 4.21. The topological polar surface area (TPSA) is 49.9 Å². The predicted molar refractivity (Wildman–Crippen MR) is 132 cm³/mol. The Labute approximate surface area is 200 Å². The number of carbonyl (C=O) groups excluding carboxylic acids is 2. The highest BCUT2D eigenvalue weighted by atomic mass is 16.5.